The zero-order valence-electron chi connectivity index (χ0n) is 12.4. The molecule has 0 radical (unpaired) electrons. The van der Waals surface area contributed by atoms with Crippen LogP contribution >= 0.6 is 0 Å². The van der Waals surface area contributed by atoms with Crippen LogP contribution in [0.2, 0.25) is 0 Å². The van der Waals surface area contributed by atoms with E-state index in [1.807, 2.05) is 38.1 Å². The van der Waals surface area contributed by atoms with E-state index in [2.05, 4.69) is 0 Å². The molecule has 2 N–H and O–H groups in total. The Balaban J connectivity index is 2.57. The lowest BCUT2D eigenvalue weighted by atomic mass is 10.1. The SMILES string of the molecule is CC(C)OCCS(=O)(=O)N(C)Cc1ccc(CN)cc1. The molecule has 6 heteroatoms. The molecule has 0 amide bonds. The minimum absolute atomic E-state index is 0.00254. The predicted octanol–water partition coefficient (Wildman–Crippen LogP) is 1.33. The van der Waals surface area contributed by atoms with Gasteiger partial charge in [-0.05, 0) is 25.0 Å². The monoisotopic (exact) mass is 300 g/mol. The van der Waals surface area contributed by atoms with Crippen LogP contribution in [0.3, 0.4) is 0 Å². The Hall–Kier alpha value is -0.950. The van der Waals surface area contributed by atoms with Gasteiger partial charge in [0.2, 0.25) is 10.0 Å². The topological polar surface area (TPSA) is 72.6 Å². The molecule has 0 aliphatic heterocycles. The number of hydrogen-bond donors (Lipinski definition) is 1. The summed E-state index contributed by atoms with van der Waals surface area (Å²) < 4.78 is 30.8. The van der Waals surface area contributed by atoms with Gasteiger partial charge in [-0.2, -0.15) is 0 Å². The quantitative estimate of drug-likeness (QED) is 0.786. The molecule has 0 saturated heterocycles. The van der Waals surface area contributed by atoms with Crippen LogP contribution in [0.1, 0.15) is 25.0 Å². The van der Waals surface area contributed by atoms with E-state index in [9.17, 15) is 8.42 Å². The molecule has 20 heavy (non-hydrogen) atoms. The van der Waals surface area contributed by atoms with Crippen molar-refractivity contribution in [1.82, 2.24) is 4.31 Å². The first-order valence-corrected chi connectivity index (χ1v) is 8.29. The van der Waals surface area contributed by atoms with Gasteiger partial charge < -0.3 is 10.5 Å². The van der Waals surface area contributed by atoms with E-state index in [4.69, 9.17) is 10.5 Å². The van der Waals surface area contributed by atoms with Crippen LogP contribution in [-0.4, -0.2) is 38.2 Å². The van der Waals surface area contributed by atoms with Crippen molar-refractivity contribution < 1.29 is 13.2 Å². The first-order valence-electron chi connectivity index (χ1n) is 6.68. The number of nitrogens with zero attached hydrogens (tertiary/aromatic N) is 1. The standard InChI is InChI=1S/C14H24N2O3S/c1-12(2)19-8-9-20(17,18)16(3)11-14-6-4-13(10-15)5-7-14/h4-7,12H,8-11,15H2,1-3H3. The predicted molar refractivity (Wildman–Crippen MR) is 80.7 cm³/mol. The van der Waals surface area contributed by atoms with Crippen LogP contribution in [0.25, 0.3) is 0 Å². The highest BCUT2D eigenvalue weighted by atomic mass is 32.2. The normalized spacial score (nSPS) is 12.3. The van der Waals surface area contributed by atoms with Crippen LogP contribution in [0.4, 0.5) is 0 Å². The van der Waals surface area contributed by atoms with Gasteiger partial charge in [0.25, 0.3) is 0 Å². The van der Waals surface area contributed by atoms with Gasteiger partial charge in [0.1, 0.15) is 0 Å². The van der Waals surface area contributed by atoms with Gasteiger partial charge >= 0.3 is 0 Å². The lowest BCUT2D eigenvalue weighted by Gasteiger charge is -2.18. The average molecular weight is 300 g/mol. The maximum absolute atomic E-state index is 12.1. The molecular formula is C14H24N2O3S. The summed E-state index contributed by atoms with van der Waals surface area (Å²) >= 11 is 0. The third-order valence-electron chi connectivity index (χ3n) is 2.93. The maximum Gasteiger partial charge on any atom is 0.216 e. The number of hydrogen-bond acceptors (Lipinski definition) is 4. The fraction of sp³-hybridized carbons (Fsp3) is 0.571. The van der Waals surface area contributed by atoms with E-state index in [1.165, 1.54) is 4.31 Å². The summed E-state index contributed by atoms with van der Waals surface area (Å²) in [6.45, 7) is 4.83. The van der Waals surface area contributed by atoms with Crippen molar-refractivity contribution in [1.29, 1.82) is 0 Å². The zero-order chi connectivity index (χ0) is 15.2. The van der Waals surface area contributed by atoms with Gasteiger partial charge in [-0.1, -0.05) is 24.3 Å². The molecule has 0 aromatic heterocycles. The summed E-state index contributed by atoms with van der Waals surface area (Å²) in [7, 11) is -1.70. The lowest BCUT2D eigenvalue weighted by molar-refractivity contribution is 0.0907. The molecule has 0 unspecified atom stereocenters. The van der Waals surface area contributed by atoms with E-state index in [0.717, 1.165) is 11.1 Å². The summed E-state index contributed by atoms with van der Waals surface area (Å²) in [6.07, 6.45) is 0.0410. The summed E-state index contributed by atoms with van der Waals surface area (Å²) in [5.41, 5.74) is 7.50. The van der Waals surface area contributed by atoms with E-state index in [-0.39, 0.29) is 18.5 Å². The molecule has 0 aliphatic rings. The van der Waals surface area contributed by atoms with E-state index < -0.39 is 10.0 Å². The molecular weight excluding hydrogens is 276 g/mol. The van der Waals surface area contributed by atoms with Crippen LogP contribution < -0.4 is 5.73 Å². The van der Waals surface area contributed by atoms with Gasteiger partial charge in [-0.3, -0.25) is 0 Å². The van der Waals surface area contributed by atoms with Crippen molar-refractivity contribution in [3.8, 4) is 0 Å². The minimum atomic E-state index is -3.29. The van der Waals surface area contributed by atoms with Gasteiger partial charge in [0, 0.05) is 20.1 Å². The Labute approximate surface area is 121 Å². The van der Waals surface area contributed by atoms with Gasteiger partial charge in [-0.25, -0.2) is 12.7 Å². The Morgan fingerprint density at radius 2 is 1.75 bits per heavy atom. The van der Waals surface area contributed by atoms with Crippen molar-refractivity contribution in [2.45, 2.75) is 33.0 Å². The molecule has 0 atom stereocenters. The molecule has 0 bridgehead atoms. The van der Waals surface area contributed by atoms with E-state index in [1.54, 1.807) is 7.05 Å². The summed E-state index contributed by atoms with van der Waals surface area (Å²) in [4.78, 5) is 0. The number of sulfonamides is 1. The number of ether oxygens (including phenoxy) is 1. The zero-order valence-corrected chi connectivity index (χ0v) is 13.2. The van der Waals surface area contributed by atoms with E-state index >= 15 is 0 Å². The van der Waals surface area contributed by atoms with Crippen LogP contribution in [0, 0.1) is 0 Å². The largest absolute Gasteiger partial charge is 0.378 e. The molecule has 0 saturated carbocycles. The molecule has 0 aliphatic carbocycles. The molecule has 1 aromatic carbocycles. The Morgan fingerprint density at radius 1 is 1.20 bits per heavy atom. The highest BCUT2D eigenvalue weighted by Gasteiger charge is 2.18. The van der Waals surface area contributed by atoms with Crippen molar-refractivity contribution in [2.24, 2.45) is 5.73 Å². The molecule has 5 nitrogen and oxygen atoms in total. The molecule has 114 valence electrons. The Morgan fingerprint density at radius 3 is 2.25 bits per heavy atom. The Bertz CT molecular complexity index is 498. The highest BCUT2D eigenvalue weighted by molar-refractivity contribution is 7.89. The molecule has 0 spiro atoms. The molecule has 0 heterocycles. The van der Waals surface area contributed by atoms with Gasteiger partial charge in [0.15, 0.2) is 0 Å². The third-order valence-corrected chi connectivity index (χ3v) is 4.69. The maximum atomic E-state index is 12.1. The van der Waals surface area contributed by atoms with Crippen molar-refractivity contribution in [2.75, 3.05) is 19.4 Å². The molecule has 0 fully saturated rings. The summed E-state index contributed by atoms with van der Waals surface area (Å²) in [5.74, 6) is 0.00254. The van der Waals surface area contributed by atoms with Crippen LogP contribution in [0.5, 0.6) is 0 Å². The van der Waals surface area contributed by atoms with Crippen molar-refractivity contribution >= 4 is 10.0 Å². The lowest BCUT2D eigenvalue weighted by Crippen LogP contribution is -2.31. The number of nitrogens with two attached hydrogens (primary N) is 1. The second-order valence-corrected chi connectivity index (χ2v) is 7.21. The average Bonchev–Trinajstić information content (AvgIpc) is 2.38. The number of rotatable bonds is 8. The smallest absolute Gasteiger partial charge is 0.216 e. The fourth-order valence-electron chi connectivity index (χ4n) is 1.68. The van der Waals surface area contributed by atoms with Crippen LogP contribution in [-0.2, 0) is 27.8 Å². The van der Waals surface area contributed by atoms with E-state index in [0.29, 0.717) is 13.1 Å². The third kappa shape index (κ3) is 5.58. The van der Waals surface area contributed by atoms with Gasteiger partial charge in [-0.15, -0.1) is 0 Å². The van der Waals surface area contributed by atoms with Crippen molar-refractivity contribution in [3.05, 3.63) is 35.4 Å². The number of benzene rings is 1. The molecule has 1 aromatic rings. The first kappa shape index (κ1) is 17.1. The minimum Gasteiger partial charge on any atom is -0.378 e. The second kappa shape index (κ2) is 7.73. The molecule has 1 rings (SSSR count). The second-order valence-electron chi connectivity index (χ2n) is 5.01. The fourth-order valence-corrected chi connectivity index (χ4v) is 2.65. The first-order chi connectivity index (χ1) is 9.35. The summed E-state index contributed by atoms with van der Waals surface area (Å²) in [5, 5.41) is 0. The Kier molecular flexibility index (Phi) is 6.61. The van der Waals surface area contributed by atoms with Gasteiger partial charge in [0.05, 0.1) is 18.5 Å². The summed E-state index contributed by atoms with van der Waals surface area (Å²) in [6, 6.07) is 7.63. The van der Waals surface area contributed by atoms with Crippen molar-refractivity contribution in [3.63, 3.8) is 0 Å². The van der Waals surface area contributed by atoms with Crippen LogP contribution in [0.15, 0.2) is 24.3 Å². The highest BCUT2D eigenvalue weighted by Crippen LogP contribution is 2.09.